The zero-order chi connectivity index (χ0) is 12.3. The number of H-pyrrole nitrogens is 1. The van der Waals surface area contributed by atoms with E-state index in [1.54, 1.807) is 19.5 Å². The van der Waals surface area contributed by atoms with Crippen LogP contribution in [0.1, 0.15) is 12.2 Å². The van der Waals surface area contributed by atoms with Crippen LogP contribution < -0.4 is 10.6 Å². The lowest BCUT2D eigenvalue weighted by atomic mass is 10.3. The first-order valence-electron chi connectivity index (χ1n) is 5.77. The van der Waals surface area contributed by atoms with Gasteiger partial charge in [-0.2, -0.15) is 0 Å². The predicted octanol–water partition coefficient (Wildman–Crippen LogP) is -0.305. The molecule has 0 fully saturated rings. The van der Waals surface area contributed by atoms with Crippen LogP contribution >= 0.6 is 0 Å². The van der Waals surface area contributed by atoms with Crippen molar-refractivity contribution in [1.82, 2.24) is 20.6 Å². The summed E-state index contributed by atoms with van der Waals surface area (Å²) in [6.45, 7) is 2.32. The molecule has 0 spiro atoms. The van der Waals surface area contributed by atoms with E-state index in [0.29, 0.717) is 26.2 Å². The van der Waals surface area contributed by atoms with Gasteiger partial charge in [-0.05, 0) is 6.42 Å². The van der Waals surface area contributed by atoms with Gasteiger partial charge in [0.15, 0.2) is 0 Å². The molecule has 1 amide bonds. The van der Waals surface area contributed by atoms with Gasteiger partial charge in [0, 0.05) is 39.0 Å². The Kier molecular flexibility index (Phi) is 7.01. The van der Waals surface area contributed by atoms with Gasteiger partial charge in [0.05, 0.1) is 13.2 Å². The first-order valence-corrected chi connectivity index (χ1v) is 5.77. The van der Waals surface area contributed by atoms with Gasteiger partial charge in [-0.15, -0.1) is 0 Å². The van der Waals surface area contributed by atoms with Gasteiger partial charge in [-0.25, -0.2) is 4.98 Å². The number of aromatic nitrogens is 2. The highest BCUT2D eigenvalue weighted by Gasteiger charge is 2.00. The molecule has 1 aromatic heterocycles. The standard InChI is InChI=1S/C11H20N4O2/c1-17-8-7-12-9-11(16)15-4-2-3-10-13-5-6-14-10/h5-6,12H,2-4,7-9H2,1H3,(H,13,14)(H,15,16). The van der Waals surface area contributed by atoms with Crippen molar-refractivity contribution >= 4 is 5.91 Å². The van der Waals surface area contributed by atoms with Crippen LogP contribution in [0.3, 0.4) is 0 Å². The molecule has 0 unspecified atom stereocenters. The molecule has 0 aromatic carbocycles. The number of nitrogens with one attached hydrogen (secondary N) is 3. The molecule has 1 rings (SSSR count). The topological polar surface area (TPSA) is 79.0 Å². The number of carbonyl (C=O) groups is 1. The van der Waals surface area contributed by atoms with Crippen LogP contribution in [0.15, 0.2) is 12.4 Å². The highest BCUT2D eigenvalue weighted by Crippen LogP contribution is 1.92. The zero-order valence-corrected chi connectivity index (χ0v) is 10.2. The molecule has 0 aliphatic heterocycles. The summed E-state index contributed by atoms with van der Waals surface area (Å²) in [5.41, 5.74) is 0. The Morgan fingerprint density at radius 1 is 1.53 bits per heavy atom. The van der Waals surface area contributed by atoms with E-state index >= 15 is 0 Å². The maximum atomic E-state index is 11.3. The van der Waals surface area contributed by atoms with Crippen molar-refractivity contribution in [2.24, 2.45) is 0 Å². The number of hydrogen-bond donors (Lipinski definition) is 3. The molecule has 1 aromatic rings. The maximum Gasteiger partial charge on any atom is 0.233 e. The molecular weight excluding hydrogens is 220 g/mol. The lowest BCUT2D eigenvalue weighted by molar-refractivity contribution is -0.120. The van der Waals surface area contributed by atoms with E-state index in [0.717, 1.165) is 18.7 Å². The third-order valence-corrected chi connectivity index (χ3v) is 2.24. The van der Waals surface area contributed by atoms with Crippen molar-refractivity contribution < 1.29 is 9.53 Å². The van der Waals surface area contributed by atoms with Gasteiger partial charge < -0.3 is 20.4 Å². The summed E-state index contributed by atoms with van der Waals surface area (Å²) in [7, 11) is 1.64. The summed E-state index contributed by atoms with van der Waals surface area (Å²) in [6, 6.07) is 0. The molecule has 0 saturated carbocycles. The van der Waals surface area contributed by atoms with E-state index in [-0.39, 0.29) is 5.91 Å². The number of amides is 1. The number of rotatable bonds is 9. The minimum absolute atomic E-state index is 0.0144. The van der Waals surface area contributed by atoms with Crippen LogP contribution in [0.4, 0.5) is 0 Å². The molecule has 0 radical (unpaired) electrons. The normalized spacial score (nSPS) is 10.4. The number of imidazole rings is 1. The molecule has 0 bridgehead atoms. The zero-order valence-electron chi connectivity index (χ0n) is 10.2. The molecule has 0 atom stereocenters. The Morgan fingerprint density at radius 3 is 3.12 bits per heavy atom. The highest BCUT2D eigenvalue weighted by molar-refractivity contribution is 5.77. The van der Waals surface area contributed by atoms with E-state index in [4.69, 9.17) is 4.74 Å². The second-order valence-corrected chi connectivity index (χ2v) is 3.66. The number of aryl methyl sites for hydroxylation is 1. The van der Waals surface area contributed by atoms with Crippen LogP contribution in [0, 0.1) is 0 Å². The Labute approximate surface area is 101 Å². The van der Waals surface area contributed by atoms with Crippen LogP contribution in [0.25, 0.3) is 0 Å². The van der Waals surface area contributed by atoms with Gasteiger partial charge in [0.25, 0.3) is 0 Å². The van der Waals surface area contributed by atoms with E-state index in [1.807, 2.05) is 0 Å². The fraction of sp³-hybridized carbons (Fsp3) is 0.636. The van der Waals surface area contributed by atoms with Crippen LogP contribution in [-0.2, 0) is 16.0 Å². The Morgan fingerprint density at radius 2 is 2.41 bits per heavy atom. The predicted molar refractivity (Wildman–Crippen MR) is 64.7 cm³/mol. The highest BCUT2D eigenvalue weighted by atomic mass is 16.5. The molecule has 3 N–H and O–H groups in total. The monoisotopic (exact) mass is 240 g/mol. The smallest absolute Gasteiger partial charge is 0.233 e. The Hall–Kier alpha value is -1.40. The second kappa shape index (κ2) is 8.72. The molecular formula is C11H20N4O2. The van der Waals surface area contributed by atoms with Gasteiger partial charge >= 0.3 is 0 Å². The quantitative estimate of drug-likeness (QED) is 0.518. The SMILES string of the molecule is COCCNCC(=O)NCCCc1ncc[nH]1. The van der Waals surface area contributed by atoms with E-state index in [9.17, 15) is 4.79 Å². The van der Waals surface area contributed by atoms with Gasteiger partial charge in [0.1, 0.15) is 5.82 Å². The average Bonchev–Trinajstić information content (AvgIpc) is 2.83. The van der Waals surface area contributed by atoms with E-state index < -0.39 is 0 Å². The van der Waals surface area contributed by atoms with Crippen LogP contribution in [-0.4, -0.2) is 49.2 Å². The molecule has 0 aliphatic rings. The van der Waals surface area contributed by atoms with Crippen molar-refractivity contribution in [3.63, 3.8) is 0 Å². The minimum Gasteiger partial charge on any atom is -0.383 e. The summed E-state index contributed by atoms with van der Waals surface area (Å²) >= 11 is 0. The average molecular weight is 240 g/mol. The van der Waals surface area contributed by atoms with Crippen molar-refractivity contribution in [2.45, 2.75) is 12.8 Å². The summed E-state index contributed by atoms with van der Waals surface area (Å²) in [4.78, 5) is 18.5. The summed E-state index contributed by atoms with van der Waals surface area (Å²) in [5.74, 6) is 0.970. The number of methoxy groups -OCH3 is 1. The fourth-order valence-corrected chi connectivity index (χ4v) is 1.36. The summed E-state index contributed by atoms with van der Waals surface area (Å²) in [5, 5.41) is 5.82. The number of ether oxygens (including phenoxy) is 1. The summed E-state index contributed by atoms with van der Waals surface area (Å²) < 4.78 is 4.86. The van der Waals surface area contributed by atoms with Crippen LogP contribution in [0.2, 0.25) is 0 Å². The fourth-order valence-electron chi connectivity index (χ4n) is 1.36. The first kappa shape index (κ1) is 13.7. The van der Waals surface area contributed by atoms with Crippen molar-refractivity contribution in [2.75, 3.05) is 33.4 Å². The third-order valence-electron chi connectivity index (χ3n) is 2.24. The van der Waals surface area contributed by atoms with Crippen molar-refractivity contribution in [1.29, 1.82) is 0 Å². The van der Waals surface area contributed by atoms with Gasteiger partial charge in [-0.1, -0.05) is 0 Å². The Bertz CT molecular complexity index is 300. The number of hydrogen-bond acceptors (Lipinski definition) is 4. The number of carbonyl (C=O) groups excluding carboxylic acids is 1. The molecule has 96 valence electrons. The Balaban J connectivity index is 1.93. The lowest BCUT2D eigenvalue weighted by Crippen LogP contribution is -2.35. The van der Waals surface area contributed by atoms with Crippen molar-refractivity contribution in [3.05, 3.63) is 18.2 Å². The summed E-state index contributed by atoms with van der Waals surface area (Å²) in [6.07, 6.45) is 5.27. The molecule has 1 heterocycles. The maximum absolute atomic E-state index is 11.3. The first-order chi connectivity index (χ1) is 8.33. The van der Waals surface area contributed by atoms with Gasteiger partial charge in [-0.3, -0.25) is 4.79 Å². The largest absolute Gasteiger partial charge is 0.383 e. The van der Waals surface area contributed by atoms with E-state index in [1.165, 1.54) is 0 Å². The molecule has 6 heteroatoms. The molecule has 0 saturated heterocycles. The molecule has 17 heavy (non-hydrogen) atoms. The van der Waals surface area contributed by atoms with E-state index in [2.05, 4.69) is 20.6 Å². The second-order valence-electron chi connectivity index (χ2n) is 3.66. The van der Waals surface area contributed by atoms with Crippen LogP contribution in [0.5, 0.6) is 0 Å². The number of aromatic amines is 1. The minimum atomic E-state index is 0.0144. The third kappa shape index (κ3) is 6.70. The molecule has 6 nitrogen and oxygen atoms in total. The molecule has 0 aliphatic carbocycles. The van der Waals surface area contributed by atoms with Crippen molar-refractivity contribution in [3.8, 4) is 0 Å². The number of nitrogens with zero attached hydrogens (tertiary/aromatic N) is 1. The lowest BCUT2D eigenvalue weighted by Gasteiger charge is -2.05. The van der Waals surface area contributed by atoms with Gasteiger partial charge in [0.2, 0.25) is 5.91 Å².